The van der Waals surface area contributed by atoms with Crippen molar-refractivity contribution in [1.82, 2.24) is 9.97 Å². The minimum absolute atomic E-state index is 0.220. The lowest BCUT2D eigenvalue weighted by molar-refractivity contribution is 0.628. The summed E-state index contributed by atoms with van der Waals surface area (Å²) >= 11 is 3.46. The van der Waals surface area contributed by atoms with Crippen molar-refractivity contribution in [2.45, 2.75) is 19.9 Å². The zero-order chi connectivity index (χ0) is 17.6. The molecule has 0 spiro atoms. The summed E-state index contributed by atoms with van der Waals surface area (Å²) in [6.45, 7) is 3.86. The molecule has 0 unspecified atom stereocenters. The largest absolute Gasteiger partial charge is 0.354 e. The summed E-state index contributed by atoms with van der Waals surface area (Å²) in [6, 6.07) is 6.56. The van der Waals surface area contributed by atoms with E-state index < -0.39 is 0 Å². The molecule has 1 aromatic carbocycles. The van der Waals surface area contributed by atoms with Crippen molar-refractivity contribution in [2.24, 2.45) is 0 Å². The van der Waals surface area contributed by atoms with E-state index in [0.717, 1.165) is 45.9 Å². The molecule has 0 aliphatic carbocycles. The molecule has 0 atom stereocenters. The Morgan fingerprint density at radius 1 is 1.12 bits per heavy atom. The van der Waals surface area contributed by atoms with Crippen LogP contribution in [0.5, 0.6) is 0 Å². The van der Waals surface area contributed by atoms with Crippen molar-refractivity contribution in [3.63, 3.8) is 0 Å². The highest BCUT2D eigenvalue weighted by atomic mass is 32.1. The molecule has 0 bridgehead atoms. The van der Waals surface area contributed by atoms with Crippen molar-refractivity contribution < 1.29 is 4.39 Å². The molecule has 2 aromatic heterocycles. The van der Waals surface area contributed by atoms with Crippen LogP contribution in [0.25, 0.3) is 11.3 Å². The number of fused-ring (bicyclic) bond motifs is 1. The Hall–Kier alpha value is -1.99. The van der Waals surface area contributed by atoms with Crippen LogP contribution in [0.4, 0.5) is 14.7 Å². The lowest BCUT2D eigenvalue weighted by Gasteiger charge is -2.25. The maximum absolute atomic E-state index is 13.2. The molecule has 25 heavy (non-hydrogen) atoms. The van der Waals surface area contributed by atoms with Crippen LogP contribution in [-0.4, -0.2) is 30.6 Å². The molecular weight excluding hydrogens is 355 g/mol. The van der Waals surface area contributed by atoms with Gasteiger partial charge in [0.15, 0.2) is 10.3 Å². The molecule has 1 aliphatic heterocycles. The Morgan fingerprint density at radius 3 is 2.60 bits per heavy atom. The average molecular weight is 375 g/mol. The second-order valence-corrected chi connectivity index (χ2v) is 8.58. The summed E-state index contributed by atoms with van der Waals surface area (Å²) in [7, 11) is 4.06. The molecule has 130 valence electrons. The summed E-state index contributed by atoms with van der Waals surface area (Å²) in [5, 5.41) is 2.09. The molecule has 0 saturated heterocycles. The maximum atomic E-state index is 13.2. The van der Waals surface area contributed by atoms with Gasteiger partial charge in [0, 0.05) is 42.4 Å². The third kappa shape index (κ3) is 3.14. The third-order valence-corrected chi connectivity index (χ3v) is 6.56. The zero-order valence-electron chi connectivity index (χ0n) is 14.4. The number of halogens is 1. The van der Waals surface area contributed by atoms with Crippen LogP contribution in [0.2, 0.25) is 0 Å². The molecule has 0 saturated carbocycles. The highest BCUT2D eigenvalue weighted by molar-refractivity contribution is 7.16. The van der Waals surface area contributed by atoms with Crippen molar-refractivity contribution in [2.75, 3.05) is 30.4 Å². The molecule has 4 nitrogen and oxygen atoms in total. The second kappa shape index (κ2) is 6.38. The molecule has 4 rings (SSSR count). The Morgan fingerprint density at radius 2 is 1.88 bits per heavy atom. The number of anilines is 2. The molecule has 0 amide bonds. The standard InChI is InChI=1S/C18H19FN4S2/c1-11-16(12-4-6-13(19)7-5-12)21-18(24-11)23-9-8-14-15(10-23)25-17(20-14)22(2)3/h4-7H,8-10H2,1-3H3. The first kappa shape index (κ1) is 16.5. The topological polar surface area (TPSA) is 32.3 Å². The first-order valence-electron chi connectivity index (χ1n) is 8.15. The van der Waals surface area contributed by atoms with Gasteiger partial charge in [-0.3, -0.25) is 0 Å². The summed E-state index contributed by atoms with van der Waals surface area (Å²) in [5.74, 6) is -0.220. The lowest BCUT2D eigenvalue weighted by atomic mass is 10.1. The van der Waals surface area contributed by atoms with Gasteiger partial charge < -0.3 is 9.80 Å². The highest BCUT2D eigenvalue weighted by Gasteiger charge is 2.24. The van der Waals surface area contributed by atoms with Crippen LogP contribution in [0.15, 0.2) is 24.3 Å². The summed E-state index contributed by atoms with van der Waals surface area (Å²) in [6.07, 6.45) is 0.949. The number of hydrogen-bond donors (Lipinski definition) is 0. The Bertz CT molecular complexity index is 898. The number of aromatic nitrogens is 2. The van der Waals surface area contributed by atoms with Gasteiger partial charge in [-0.05, 0) is 31.2 Å². The minimum Gasteiger partial charge on any atom is -0.354 e. The van der Waals surface area contributed by atoms with E-state index in [1.807, 2.05) is 14.1 Å². The smallest absolute Gasteiger partial charge is 0.186 e. The molecule has 0 fully saturated rings. The zero-order valence-corrected chi connectivity index (χ0v) is 16.0. The summed E-state index contributed by atoms with van der Waals surface area (Å²) in [4.78, 5) is 16.4. The van der Waals surface area contributed by atoms with Crippen molar-refractivity contribution in [3.8, 4) is 11.3 Å². The highest BCUT2D eigenvalue weighted by Crippen LogP contribution is 2.36. The predicted molar refractivity (Wildman–Crippen MR) is 103 cm³/mol. The van der Waals surface area contributed by atoms with E-state index in [9.17, 15) is 4.39 Å². The molecular formula is C18H19FN4S2. The number of aryl methyl sites for hydroxylation is 1. The first-order valence-corrected chi connectivity index (χ1v) is 9.79. The van der Waals surface area contributed by atoms with E-state index in [4.69, 9.17) is 9.97 Å². The van der Waals surface area contributed by atoms with E-state index in [-0.39, 0.29) is 5.82 Å². The number of hydrogen-bond acceptors (Lipinski definition) is 6. The number of thiazole rings is 2. The van der Waals surface area contributed by atoms with Crippen molar-refractivity contribution >= 4 is 32.9 Å². The SMILES string of the molecule is Cc1sc(N2CCc3nc(N(C)C)sc3C2)nc1-c1ccc(F)cc1. The molecule has 3 aromatic rings. The molecule has 1 aliphatic rings. The van der Waals surface area contributed by atoms with Gasteiger partial charge in [0.1, 0.15) is 5.82 Å². The number of rotatable bonds is 3. The van der Waals surface area contributed by atoms with E-state index in [1.165, 1.54) is 22.7 Å². The normalized spacial score (nSPS) is 13.8. The minimum atomic E-state index is -0.220. The fourth-order valence-corrected chi connectivity index (χ4v) is 4.93. The summed E-state index contributed by atoms with van der Waals surface area (Å²) in [5.41, 5.74) is 3.13. The van der Waals surface area contributed by atoms with Crippen LogP contribution in [0, 0.1) is 12.7 Å². The van der Waals surface area contributed by atoms with Gasteiger partial charge >= 0.3 is 0 Å². The van der Waals surface area contributed by atoms with E-state index in [1.54, 1.807) is 34.8 Å². The van der Waals surface area contributed by atoms with Crippen molar-refractivity contribution in [3.05, 3.63) is 45.5 Å². The van der Waals surface area contributed by atoms with Gasteiger partial charge in [-0.2, -0.15) is 0 Å². The van der Waals surface area contributed by atoms with Gasteiger partial charge in [-0.1, -0.05) is 11.3 Å². The van der Waals surface area contributed by atoms with Gasteiger partial charge in [0.25, 0.3) is 0 Å². The van der Waals surface area contributed by atoms with Gasteiger partial charge in [-0.15, -0.1) is 11.3 Å². The Balaban J connectivity index is 1.60. The van der Waals surface area contributed by atoms with Gasteiger partial charge in [-0.25, -0.2) is 14.4 Å². The van der Waals surface area contributed by atoms with Gasteiger partial charge in [0.2, 0.25) is 0 Å². The average Bonchev–Trinajstić information content (AvgIpc) is 3.18. The molecule has 7 heteroatoms. The summed E-state index contributed by atoms with van der Waals surface area (Å²) < 4.78 is 13.2. The maximum Gasteiger partial charge on any atom is 0.186 e. The van der Waals surface area contributed by atoms with Crippen LogP contribution < -0.4 is 9.80 Å². The Kier molecular flexibility index (Phi) is 4.21. The molecule has 3 heterocycles. The quantitative estimate of drug-likeness (QED) is 0.683. The fraction of sp³-hybridized carbons (Fsp3) is 0.333. The van der Waals surface area contributed by atoms with Crippen molar-refractivity contribution in [1.29, 1.82) is 0 Å². The van der Waals surface area contributed by atoms with Gasteiger partial charge in [0.05, 0.1) is 17.9 Å². The molecule has 0 N–H and O–H groups in total. The third-order valence-electron chi connectivity index (χ3n) is 4.28. The predicted octanol–water partition coefficient (Wildman–Crippen LogP) is 4.34. The first-order chi connectivity index (χ1) is 12.0. The monoisotopic (exact) mass is 374 g/mol. The molecule has 0 radical (unpaired) electrons. The van der Waals surface area contributed by atoms with E-state index in [0.29, 0.717) is 0 Å². The number of benzene rings is 1. The van der Waals surface area contributed by atoms with Crippen LogP contribution in [0.3, 0.4) is 0 Å². The fourth-order valence-electron chi connectivity index (χ4n) is 2.93. The van der Waals surface area contributed by atoms with E-state index >= 15 is 0 Å². The Labute approximate surface area is 154 Å². The second-order valence-electron chi connectivity index (χ2n) is 6.34. The van der Waals surface area contributed by atoms with E-state index in [2.05, 4.69) is 16.7 Å². The van der Waals surface area contributed by atoms with Crippen LogP contribution in [0.1, 0.15) is 15.4 Å². The van der Waals surface area contributed by atoms with Crippen LogP contribution in [-0.2, 0) is 13.0 Å². The van der Waals surface area contributed by atoms with Crippen LogP contribution >= 0.6 is 22.7 Å². The lowest BCUT2D eigenvalue weighted by Crippen LogP contribution is -2.29. The number of nitrogens with zero attached hydrogens (tertiary/aromatic N) is 4.